The Morgan fingerprint density at radius 2 is 2.04 bits per heavy atom. The normalized spacial score (nSPS) is 17.5. The standard InChI is InChI=1S/C19H17NO3S2/c1-3-23-19(22)16-17(21)15(11-14-5-4-10-24-14)25-18(16)20-13-8-6-12(2)7-9-13/h4-11,21H,3H2,1-2H3/b15-11+,20-18?. The van der Waals surface area contributed by atoms with Crippen LogP contribution in [0.4, 0.5) is 5.69 Å². The summed E-state index contributed by atoms with van der Waals surface area (Å²) in [4.78, 5) is 18.4. The van der Waals surface area contributed by atoms with Gasteiger partial charge in [-0.15, -0.1) is 11.3 Å². The highest BCUT2D eigenvalue weighted by molar-refractivity contribution is 8.18. The predicted octanol–water partition coefficient (Wildman–Crippen LogP) is 5.25. The van der Waals surface area contributed by atoms with Gasteiger partial charge >= 0.3 is 5.97 Å². The second kappa shape index (κ2) is 7.72. The number of esters is 1. The Morgan fingerprint density at radius 1 is 1.28 bits per heavy atom. The molecule has 1 aliphatic rings. The molecule has 0 amide bonds. The highest BCUT2D eigenvalue weighted by Crippen LogP contribution is 2.40. The SMILES string of the molecule is CCOC(=O)C1=C(O)/C(=C\c2cccs2)SC1=Nc1ccc(C)cc1. The molecule has 1 aromatic heterocycles. The fraction of sp³-hybridized carbons (Fsp3) is 0.158. The molecule has 0 atom stereocenters. The quantitative estimate of drug-likeness (QED) is 0.746. The van der Waals surface area contributed by atoms with Crippen LogP contribution in [-0.2, 0) is 9.53 Å². The summed E-state index contributed by atoms with van der Waals surface area (Å²) in [6.45, 7) is 3.97. The number of thiophene rings is 1. The first kappa shape index (κ1) is 17.5. The maximum Gasteiger partial charge on any atom is 0.344 e. The minimum absolute atomic E-state index is 0.0808. The lowest BCUT2D eigenvalue weighted by Crippen LogP contribution is -2.12. The zero-order chi connectivity index (χ0) is 17.8. The first-order valence-corrected chi connectivity index (χ1v) is 9.47. The molecule has 2 heterocycles. The Labute approximate surface area is 154 Å². The van der Waals surface area contributed by atoms with Crippen molar-refractivity contribution in [1.82, 2.24) is 0 Å². The van der Waals surface area contributed by atoms with Crippen molar-refractivity contribution in [3.05, 3.63) is 68.5 Å². The summed E-state index contributed by atoms with van der Waals surface area (Å²) in [6.07, 6.45) is 1.85. The molecular formula is C19H17NO3S2. The Bertz CT molecular complexity index is 863. The number of hydrogen-bond donors (Lipinski definition) is 1. The molecule has 0 spiro atoms. The third-order valence-corrected chi connectivity index (χ3v) is 5.29. The van der Waals surface area contributed by atoms with Crippen molar-refractivity contribution in [2.24, 2.45) is 4.99 Å². The van der Waals surface area contributed by atoms with Gasteiger partial charge in [0, 0.05) is 4.88 Å². The van der Waals surface area contributed by atoms with Crippen molar-refractivity contribution in [3.63, 3.8) is 0 Å². The van der Waals surface area contributed by atoms with Gasteiger partial charge in [-0.1, -0.05) is 35.5 Å². The summed E-state index contributed by atoms with van der Waals surface area (Å²) < 4.78 is 5.09. The number of nitrogens with zero attached hydrogens (tertiary/aromatic N) is 1. The summed E-state index contributed by atoms with van der Waals surface area (Å²) in [7, 11) is 0. The lowest BCUT2D eigenvalue weighted by Gasteiger charge is -2.04. The molecular weight excluding hydrogens is 354 g/mol. The third kappa shape index (κ3) is 4.03. The molecule has 128 valence electrons. The number of carbonyl (C=O) groups excluding carboxylic acids is 1. The van der Waals surface area contributed by atoms with Crippen LogP contribution in [0.15, 0.2) is 63.0 Å². The lowest BCUT2D eigenvalue weighted by molar-refractivity contribution is -0.138. The maximum atomic E-state index is 12.3. The van der Waals surface area contributed by atoms with Crippen LogP contribution < -0.4 is 0 Å². The average Bonchev–Trinajstić information content (AvgIpc) is 3.19. The van der Waals surface area contributed by atoms with Gasteiger partial charge in [0.05, 0.1) is 17.2 Å². The fourth-order valence-electron chi connectivity index (χ4n) is 2.23. The highest BCUT2D eigenvalue weighted by Gasteiger charge is 2.33. The summed E-state index contributed by atoms with van der Waals surface area (Å²) in [5.74, 6) is -0.643. The van der Waals surface area contributed by atoms with Crippen molar-refractivity contribution < 1.29 is 14.6 Å². The molecule has 0 aliphatic carbocycles. The Balaban J connectivity index is 2.02. The number of ether oxygens (including phenoxy) is 1. The third-order valence-electron chi connectivity index (χ3n) is 3.45. The summed E-state index contributed by atoms with van der Waals surface area (Å²) in [5, 5.41) is 13.0. The molecule has 0 radical (unpaired) electrons. The fourth-order valence-corrected chi connectivity index (χ4v) is 3.99. The molecule has 0 fully saturated rings. The maximum absolute atomic E-state index is 12.3. The molecule has 0 bridgehead atoms. The number of carbonyl (C=O) groups is 1. The first-order valence-electron chi connectivity index (χ1n) is 7.78. The van der Waals surface area contributed by atoms with Gasteiger partial charge in [-0.2, -0.15) is 0 Å². The summed E-state index contributed by atoms with van der Waals surface area (Å²) >= 11 is 2.83. The predicted molar refractivity (Wildman–Crippen MR) is 104 cm³/mol. The van der Waals surface area contributed by atoms with Crippen LogP contribution in [0.1, 0.15) is 17.4 Å². The number of hydrogen-bond acceptors (Lipinski definition) is 6. The van der Waals surface area contributed by atoms with Gasteiger partial charge < -0.3 is 9.84 Å². The molecule has 25 heavy (non-hydrogen) atoms. The van der Waals surface area contributed by atoms with E-state index in [1.165, 1.54) is 11.8 Å². The monoisotopic (exact) mass is 371 g/mol. The van der Waals surface area contributed by atoms with Gasteiger partial charge in [0.1, 0.15) is 16.4 Å². The molecule has 2 aromatic rings. The topological polar surface area (TPSA) is 58.9 Å². The van der Waals surface area contributed by atoms with Gasteiger partial charge in [-0.3, -0.25) is 0 Å². The van der Waals surface area contributed by atoms with Crippen LogP contribution >= 0.6 is 23.1 Å². The van der Waals surface area contributed by atoms with Crippen LogP contribution in [-0.4, -0.2) is 22.7 Å². The first-order chi connectivity index (χ1) is 12.1. The largest absolute Gasteiger partial charge is 0.506 e. The average molecular weight is 371 g/mol. The highest BCUT2D eigenvalue weighted by atomic mass is 32.2. The molecule has 6 heteroatoms. The summed E-state index contributed by atoms with van der Waals surface area (Å²) in [5.41, 5.74) is 1.97. The van der Waals surface area contributed by atoms with E-state index in [-0.39, 0.29) is 17.9 Å². The van der Waals surface area contributed by atoms with E-state index in [4.69, 9.17) is 4.74 Å². The number of thioether (sulfide) groups is 1. The van der Waals surface area contributed by atoms with Crippen LogP contribution in [0.3, 0.4) is 0 Å². The zero-order valence-corrected chi connectivity index (χ0v) is 15.5. The van der Waals surface area contributed by atoms with E-state index in [0.29, 0.717) is 9.95 Å². The van der Waals surface area contributed by atoms with Crippen molar-refractivity contribution in [2.75, 3.05) is 6.61 Å². The second-order valence-electron chi connectivity index (χ2n) is 5.32. The lowest BCUT2D eigenvalue weighted by atomic mass is 10.2. The molecule has 0 saturated carbocycles. The van der Waals surface area contributed by atoms with Crippen LogP contribution in [0, 0.1) is 6.92 Å². The number of aliphatic hydroxyl groups is 1. The number of aliphatic hydroxyl groups excluding tert-OH is 1. The molecule has 1 aromatic carbocycles. The van der Waals surface area contributed by atoms with Gasteiger partial charge in [-0.05, 0) is 43.5 Å². The van der Waals surface area contributed by atoms with Gasteiger partial charge in [0.15, 0.2) is 0 Å². The minimum Gasteiger partial charge on any atom is -0.506 e. The molecule has 4 nitrogen and oxygen atoms in total. The van der Waals surface area contributed by atoms with E-state index in [2.05, 4.69) is 4.99 Å². The number of aliphatic imine (C=N–C) groups is 1. The Morgan fingerprint density at radius 3 is 2.68 bits per heavy atom. The molecule has 0 unspecified atom stereocenters. The van der Waals surface area contributed by atoms with E-state index in [1.54, 1.807) is 18.3 Å². The van der Waals surface area contributed by atoms with E-state index < -0.39 is 5.97 Å². The molecule has 3 rings (SSSR count). The van der Waals surface area contributed by atoms with Crippen LogP contribution in [0.5, 0.6) is 0 Å². The minimum atomic E-state index is -0.562. The van der Waals surface area contributed by atoms with Crippen LogP contribution in [0.2, 0.25) is 0 Å². The number of aryl methyl sites for hydroxylation is 1. The van der Waals surface area contributed by atoms with Crippen LogP contribution in [0.25, 0.3) is 6.08 Å². The number of benzene rings is 1. The smallest absolute Gasteiger partial charge is 0.344 e. The zero-order valence-electron chi connectivity index (χ0n) is 13.9. The number of rotatable bonds is 4. The van der Waals surface area contributed by atoms with Crippen molar-refractivity contribution in [2.45, 2.75) is 13.8 Å². The van der Waals surface area contributed by atoms with Crippen molar-refractivity contribution >= 4 is 45.9 Å². The molecule has 0 saturated heterocycles. The van der Waals surface area contributed by atoms with E-state index in [1.807, 2.05) is 54.8 Å². The van der Waals surface area contributed by atoms with Gasteiger partial charge in [0.25, 0.3) is 0 Å². The van der Waals surface area contributed by atoms with E-state index in [9.17, 15) is 9.90 Å². The van der Waals surface area contributed by atoms with Gasteiger partial charge in [0.2, 0.25) is 0 Å². The van der Waals surface area contributed by atoms with E-state index >= 15 is 0 Å². The second-order valence-corrected chi connectivity index (χ2v) is 7.33. The van der Waals surface area contributed by atoms with Crippen molar-refractivity contribution in [3.8, 4) is 0 Å². The Kier molecular flexibility index (Phi) is 5.40. The van der Waals surface area contributed by atoms with Gasteiger partial charge in [-0.25, -0.2) is 9.79 Å². The molecule has 1 aliphatic heterocycles. The molecule has 1 N–H and O–H groups in total. The Hall–Kier alpha value is -2.31. The van der Waals surface area contributed by atoms with Crippen molar-refractivity contribution in [1.29, 1.82) is 0 Å². The van der Waals surface area contributed by atoms with E-state index in [0.717, 1.165) is 16.1 Å². The summed E-state index contributed by atoms with van der Waals surface area (Å²) in [6, 6.07) is 11.5.